The molecule has 0 aliphatic carbocycles. The fourth-order valence-corrected chi connectivity index (χ4v) is 3.06. The maximum Gasteiger partial charge on any atom is 0.230 e. The molecule has 2 unspecified atom stereocenters. The molecule has 0 N–H and O–H groups in total. The van der Waals surface area contributed by atoms with Gasteiger partial charge >= 0.3 is 0 Å². The molecule has 0 spiro atoms. The summed E-state index contributed by atoms with van der Waals surface area (Å²) in [4.78, 5) is 11.4. The van der Waals surface area contributed by atoms with E-state index in [2.05, 4.69) is 0 Å². The van der Waals surface area contributed by atoms with E-state index in [4.69, 9.17) is 14.5 Å². The van der Waals surface area contributed by atoms with Crippen molar-refractivity contribution in [2.45, 2.75) is 30.8 Å². The summed E-state index contributed by atoms with van der Waals surface area (Å²) in [6, 6.07) is 20.0. The quantitative estimate of drug-likeness (QED) is 0.612. The van der Waals surface area contributed by atoms with E-state index in [0.29, 0.717) is 0 Å². The number of hydrogen-bond donors (Lipinski definition) is 0. The van der Waals surface area contributed by atoms with Crippen LogP contribution in [0.3, 0.4) is 0 Å². The summed E-state index contributed by atoms with van der Waals surface area (Å²) >= 11 is 0. The van der Waals surface area contributed by atoms with Crippen molar-refractivity contribution in [1.29, 1.82) is 0 Å². The predicted molar refractivity (Wildman–Crippen MR) is 73.3 cm³/mol. The highest BCUT2D eigenvalue weighted by Crippen LogP contribution is 2.54. The largest absolute Gasteiger partial charge is 0.304 e. The molecule has 2 heterocycles. The van der Waals surface area contributed by atoms with Gasteiger partial charge in [-0.2, -0.15) is 9.78 Å². The van der Waals surface area contributed by atoms with Crippen LogP contribution in [0, 0.1) is 0 Å². The smallest absolute Gasteiger partial charge is 0.230 e. The summed E-state index contributed by atoms with van der Waals surface area (Å²) in [5, 5.41) is 0. The fraction of sp³-hybridized carbons (Fsp3) is 0.294. The van der Waals surface area contributed by atoms with Crippen molar-refractivity contribution in [2.75, 3.05) is 0 Å². The first-order chi connectivity index (χ1) is 9.83. The molecule has 0 amide bonds. The van der Waals surface area contributed by atoms with Gasteiger partial charge in [-0.3, -0.25) is 0 Å². The zero-order chi connectivity index (χ0) is 13.5. The zero-order valence-electron chi connectivity index (χ0n) is 11.1. The number of ether oxygens (including phenoxy) is 1. The van der Waals surface area contributed by atoms with Gasteiger partial charge in [-0.15, -0.1) is 0 Å². The van der Waals surface area contributed by atoms with Crippen LogP contribution in [0.15, 0.2) is 60.7 Å². The molecule has 0 radical (unpaired) electrons. The molecule has 2 aliphatic rings. The Kier molecular flexibility index (Phi) is 2.67. The molecule has 2 aliphatic heterocycles. The lowest BCUT2D eigenvalue weighted by Gasteiger charge is -2.34. The maximum absolute atomic E-state index is 6.30. The number of rotatable bonds is 2. The Bertz CT molecular complexity index is 545. The maximum atomic E-state index is 6.30. The third kappa shape index (κ3) is 1.71. The van der Waals surface area contributed by atoms with E-state index in [0.717, 1.165) is 30.4 Å². The standard InChI is InChI=1S/C17H16O3/c1-3-8-14(9-4-1)16-12-7-13-17(18-16,20-19-16)15-10-5-2-6-11-15/h1-6,8-11H,7,12-13H2/i18+2. The summed E-state index contributed by atoms with van der Waals surface area (Å²) in [5.74, 6) is -1.54. The first-order valence-electron chi connectivity index (χ1n) is 7.01. The molecular weight excluding hydrogens is 254 g/mol. The van der Waals surface area contributed by atoms with Crippen LogP contribution in [-0.4, -0.2) is 0 Å². The van der Waals surface area contributed by atoms with Gasteiger partial charge in [0.25, 0.3) is 0 Å². The molecule has 3 heteroatoms. The third-order valence-corrected chi connectivity index (χ3v) is 4.08. The monoisotopic (exact) mass is 270 g/mol. The van der Waals surface area contributed by atoms with Gasteiger partial charge in [0.15, 0.2) is 0 Å². The van der Waals surface area contributed by atoms with Gasteiger partial charge < -0.3 is 4.74 Å². The minimum Gasteiger partial charge on any atom is -0.304 e. The summed E-state index contributed by atoms with van der Waals surface area (Å²) in [5.41, 5.74) is 2.02. The van der Waals surface area contributed by atoms with Gasteiger partial charge in [0, 0.05) is 24.0 Å². The van der Waals surface area contributed by atoms with Crippen molar-refractivity contribution in [1.82, 2.24) is 0 Å². The lowest BCUT2D eigenvalue weighted by Crippen LogP contribution is -2.37. The third-order valence-electron chi connectivity index (χ3n) is 4.08. The second kappa shape index (κ2) is 4.42. The van der Waals surface area contributed by atoms with Crippen LogP contribution < -0.4 is 0 Å². The lowest BCUT2D eigenvalue weighted by molar-refractivity contribution is -0.351. The summed E-state index contributed by atoms with van der Waals surface area (Å²) in [6.07, 6.45) is 2.63. The van der Waals surface area contributed by atoms with Crippen LogP contribution >= 0.6 is 0 Å². The normalized spacial score (nSPS) is 32.2. The van der Waals surface area contributed by atoms with E-state index in [1.807, 2.05) is 60.7 Å². The van der Waals surface area contributed by atoms with Gasteiger partial charge in [-0.05, 0) is 6.42 Å². The molecule has 20 heavy (non-hydrogen) atoms. The fourth-order valence-electron chi connectivity index (χ4n) is 3.06. The van der Waals surface area contributed by atoms with Gasteiger partial charge in [0.1, 0.15) is 0 Å². The second-order valence-electron chi connectivity index (χ2n) is 5.36. The highest BCUT2D eigenvalue weighted by molar-refractivity contribution is 5.26. The minimum absolute atomic E-state index is 0.769. The van der Waals surface area contributed by atoms with Crippen molar-refractivity contribution in [3.8, 4) is 0 Å². The predicted octanol–water partition coefficient (Wildman–Crippen LogP) is 3.85. The molecule has 0 aromatic heterocycles. The van der Waals surface area contributed by atoms with Crippen LogP contribution in [0.5, 0.6) is 0 Å². The Labute approximate surface area is 118 Å². The van der Waals surface area contributed by atoms with Crippen molar-refractivity contribution in [2.24, 2.45) is 0 Å². The average Bonchev–Trinajstić information content (AvgIpc) is 2.82. The average molecular weight is 270 g/mol. The van der Waals surface area contributed by atoms with Crippen molar-refractivity contribution in [3.05, 3.63) is 71.8 Å². The number of fused-ring (bicyclic) bond motifs is 2. The molecule has 2 atom stereocenters. The number of benzene rings is 2. The van der Waals surface area contributed by atoms with Crippen molar-refractivity contribution in [3.63, 3.8) is 0 Å². The van der Waals surface area contributed by atoms with Gasteiger partial charge in [0.05, 0.1) is 0 Å². The Hall–Kier alpha value is -1.68. The Morgan fingerprint density at radius 3 is 1.60 bits per heavy atom. The van der Waals surface area contributed by atoms with E-state index in [1.165, 1.54) is 0 Å². The molecular formula is C17H16O3. The molecule has 0 saturated carbocycles. The number of hydrogen-bond acceptors (Lipinski definition) is 3. The summed E-state index contributed by atoms with van der Waals surface area (Å²) < 4.78 is 6.30. The molecule has 2 fully saturated rings. The Morgan fingerprint density at radius 2 is 1.15 bits per heavy atom. The Balaban J connectivity index is 1.74. The van der Waals surface area contributed by atoms with Crippen molar-refractivity contribution < 1.29 is 14.5 Å². The highest BCUT2D eigenvalue weighted by atomic mass is 18.4. The van der Waals surface area contributed by atoms with E-state index >= 15 is 0 Å². The van der Waals surface area contributed by atoms with Crippen LogP contribution in [0.4, 0.5) is 0 Å². The van der Waals surface area contributed by atoms with E-state index in [1.54, 1.807) is 0 Å². The minimum atomic E-state index is -0.769. The van der Waals surface area contributed by atoms with Gasteiger partial charge in [0.2, 0.25) is 11.6 Å². The van der Waals surface area contributed by atoms with Gasteiger partial charge in [-0.1, -0.05) is 60.7 Å². The van der Waals surface area contributed by atoms with E-state index in [-0.39, 0.29) is 0 Å². The molecule has 2 aromatic rings. The van der Waals surface area contributed by atoms with Crippen molar-refractivity contribution >= 4 is 0 Å². The van der Waals surface area contributed by atoms with E-state index < -0.39 is 11.6 Å². The van der Waals surface area contributed by atoms with Crippen LogP contribution in [0.1, 0.15) is 30.4 Å². The van der Waals surface area contributed by atoms with Crippen LogP contribution in [0.2, 0.25) is 0 Å². The Morgan fingerprint density at radius 1 is 0.700 bits per heavy atom. The lowest BCUT2D eigenvalue weighted by atomic mass is 9.93. The molecule has 2 saturated heterocycles. The topological polar surface area (TPSA) is 27.7 Å². The first kappa shape index (κ1) is 12.1. The zero-order valence-corrected chi connectivity index (χ0v) is 11.1. The first-order valence-corrected chi connectivity index (χ1v) is 7.01. The molecule has 2 bridgehead atoms. The molecule has 3 nitrogen and oxygen atoms in total. The molecule has 102 valence electrons. The molecule has 2 aromatic carbocycles. The summed E-state index contributed by atoms with van der Waals surface area (Å²) in [7, 11) is 0. The highest BCUT2D eigenvalue weighted by Gasteiger charge is 2.57. The second-order valence-corrected chi connectivity index (χ2v) is 5.36. The van der Waals surface area contributed by atoms with Gasteiger partial charge in [-0.25, -0.2) is 0 Å². The molecule has 4 rings (SSSR count). The van der Waals surface area contributed by atoms with Crippen LogP contribution in [-0.2, 0) is 26.1 Å². The summed E-state index contributed by atoms with van der Waals surface area (Å²) in [6.45, 7) is 0. The van der Waals surface area contributed by atoms with E-state index in [9.17, 15) is 0 Å². The SMILES string of the molecule is c1ccc(C23CCCC(c4ccccc4)(OO2)[18O]3)cc1. The van der Waals surface area contributed by atoms with Crippen LogP contribution in [0.25, 0.3) is 0 Å².